The van der Waals surface area contributed by atoms with E-state index in [9.17, 15) is 19.2 Å². The van der Waals surface area contributed by atoms with E-state index in [2.05, 4.69) is 14.6 Å². The molecule has 4 amide bonds. The van der Waals surface area contributed by atoms with Crippen LogP contribution >= 0.6 is 11.6 Å². The Labute approximate surface area is 166 Å². The summed E-state index contributed by atoms with van der Waals surface area (Å²) in [4.78, 5) is 52.0. The van der Waals surface area contributed by atoms with Gasteiger partial charge in [0.05, 0.1) is 19.4 Å². The summed E-state index contributed by atoms with van der Waals surface area (Å²) in [5, 5.41) is 7.82. The molecule has 0 radical (unpaired) electrons. The van der Waals surface area contributed by atoms with Gasteiger partial charge >= 0.3 is 12.2 Å². The fraction of sp³-hybridized carbons (Fsp3) is 0.353. The molecule has 0 fully saturated rings. The number of benzene rings is 1. The first kappa shape index (κ1) is 22.9. The monoisotopic (exact) mass is 413 g/mol. The van der Waals surface area contributed by atoms with Gasteiger partial charge in [-0.25, -0.2) is 9.59 Å². The zero-order valence-electron chi connectivity index (χ0n) is 15.3. The first-order valence-electron chi connectivity index (χ1n) is 8.22. The molecule has 10 nitrogen and oxygen atoms in total. The molecule has 0 unspecified atom stereocenters. The Morgan fingerprint density at radius 1 is 1.00 bits per heavy atom. The SMILES string of the molecule is CCOC(=O)NC(=O)C(C=NOCc1ccc(Cl)cc1)C(=O)NC(=O)OCC. The first-order chi connectivity index (χ1) is 13.4. The number of hydrogen-bond donors (Lipinski definition) is 2. The third kappa shape index (κ3) is 8.49. The molecule has 28 heavy (non-hydrogen) atoms. The Balaban J connectivity index is 2.75. The zero-order valence-corrected chi connectivity index (χ0v) is 16.0. The molecule has 1 aromatic rings. The molecule has 0 atom stereocenters. The highest BCUT2D eigenvalue weighted by molar-refractivity contribution is 6.30. The lowest BCUT2D eigenvalue weighted by atomic mass is 10.1. The molecule has 0 aromatic heterocycles. The summed E-state index contributed by atoms with van der Waals surface area (Å²) in [6, 6.07) is 6.73. The number of nitrogens with one attached hydrogen (secondary N) is 2. The number of imide groups is 2. The Morgan fingerprint density at radius 3 is 1.96 bits per heavy atom. The highest BCUT2D eigenvalue weighted by Crippen LogP contribution is 2.10. The summed E-state index contributed by atoms with van der Waals surface area (Å²) < 4.78 is 9.15. The second kappa shape index (κ2) is 12.3. The summed E-state index contributed by atoms with van der Waals surface area (Å²) >= 11 is 5.78. The van der Waals surface area contributed by atoms with Crippen LogP contribution in [0, 0.1) is 5.92 Å². The lowest BCUT2D eigenvalue weighted by Gasteiger charge is -2.11. The molecule has 0 aliphatic heterocycles. The molecule has 0 saturated carbocycles. The van der Waals surface area contributed by atoms with Crippen LogP contribution in [0.3, 0.4) is 0 Å². The second-order valence-electron chi connectivity index (χ2n) is 5.05. The van der Waals surface area contributed by atoms with Gasteiger partial charge in [-0.05, 0) is 31.5 Å². The van der Waals surface area contributed by atoms with E-state index in [0.29, 0.717) is 5.02 Å². The summed E-state index contributed by atoms with van der Waals surface area (Å²) in [6.07, 6.45) is -1.24. The summed E-state index contributed by atoms with van der Waals surface area (Å²) in [5.41, 5.74) is 0.741. The molecule has 1 rings (SSSR count). The third-order valence-electron chi connectivity index (χ3n) is 3.00. The average molecular weight is 414 g/mol. The highest BCUT2D eigenvalue weighted by atomic mass is 35.5. The van der Waals surface area contributed by atoms with E-state index in [1.54, 1.807) is 38.1 Å². The van der Waals surface area contributed by atoms with Gasteiger partial charge in [0, 0.05) is 5.02 Å². The maximum absolute atomic E-state index is 12.1. The quantitative estimate of drug-likeness (QED) is 0.378. The van der Waals surface area contributed by atoms with Gasteiger partial charge in [0.1, 0.15) is 6.61 Å². The van der Waals surface area contributed by atoms with Crippen molar-refractivity contribution in [3.05, 3.63) is 34.9 Å². The predicted molar refractivity (Wildman–Crippen MR) is 98.6 cm³/mol. The van der Waals surface area contributed by atoms with E-state index in [0.717, 1.165) is 11.8 Å². The van der Waals surface area contributed by atoms with Crippen molar-refractivity contribution in [3.8, 4) is 0 Å². The molecule has 0 aliphatic carbocycles. The zero-order chi connectivity index (χ0) is 20.9. The molecule has 2 N–H and O–H groups in total. The van der Waals surface area contributed by atoms with Gasteiger partial charge in [-0.1, -0.05) is 28.9 Å². The van der Waals surface area contributed by atoms with Crippen LogP contribution in [0.15, 0.2) is 29.4 Å². The predicted octanol–water partition coefficient (Wildman–Crippen LogP) is 2.00. The lowest BCUT2D eigenvalue weighted by molar-refractivity contribution is -0.131. The summed E-state index contributed by atoms with van der Waals surface area (Å²) in [7, 11) is 0. The van der Waals surface area contributed by atoms with Gasteiger partial charge in [-0.2, -0.15) is 0 Å². The van der Waals surface area contributed by atoms with Crippen LogP contribution in [-0.4, -0.2) is 43.4 Å². The number of amides is 4. The number of nitrogens with zero attached hydrogens (tertiary/aromatic N) is 1. The number of ether oxygens (including phenoxy) is 2. The van der Waals surface area contributed by atoms with E-state index in [-0.39, 0.29) is 19.8 Å². The van der Waals surface area contributed by atoms with Crippen molar-refractivity contribution < 1.29 is 33.5 Å². The van der Waals surface area contributed by atoms with Crippen LogP contribution in [0.2, 0.25) is 5.02 Å². The minimum Gasteiger partial charge on any atom is -0.450 e. The van der Waals surface area contributed by atoms with Gasteiger partial charge in [-0.15, -0.1) is 0 Å². The van der Waals surface area contributed by atoms with Gasteiger partial charge in [-0.3, -0.25) is 20.2 Å². The van der Waals surface area contributed by atoms with Crippen molar-refractivity contribution in [2.24, 2.45) is 11.1 Å². The maximum Gasteiger partial charge on any atom is 0.413 e. The number of halogens is 1. The minimum atomic E-state index is -1.64. The van der Waals surface area contributed by atoms with Crippen molar-refractivity contribution >= 4 is 41.8 Å². The van der Waals surface area contributed by atoms with E-state index in [1.165, 1.54) is 0 Å². The van der Waals surface area contributed by atoms with E-state index in [1.807, 2.05) is 10.6 Å². The standard InChI is InChI=1S/C17H20ClN3O7/c1-3-26-16(24)20-14(22)13(15(23)21-17(25)27-4-2)9-19-28-10-11-5-7-12(18)8-6-11/h5-9,13H,3-4,10H2,1-2H3,(H,20,22,24)(H,21,23,25). The number of oxime groups is 1. The topological polar surface area (TPSA) is 132 Å². The van der Waals surface area contributed by atoms with E-state index < -0.39 is 29.9 Å². The fourth-order valence-corrected chi connectivity index (χ4v) is 1.87. The molecule has 0 spiro atoms. The summed E-state index contributed by atoms with van der Waals surface area (Å²) in [5.74, 6) is -3.75. The highest BCUT2D eigenvalue weighted by Gasteiger charge is 2.29. The van der Waals surface area contributed by atoms with Crippen LogP contribution in [0.25, 0.3) is 0 Å². The molecule has 0 saturated heterocycles. The van der Waals surface area contributed by atoms with Crippen molar-refractivity contribution in [3.63, 3.8) is 0 Å². The third-order valence-corrected chi connectivity index (χ3v) is 3.25. The van der Waals surface area contributed by atoms with Crippen molar-refractivity contribution in [2.45, 2.75) is 20.5 Å². The molecular formula is C17H20ClN3O7. The van der Waals surface area contributed by atoms with Crippen molar-refractivity contribution in [2.75, 3.05) is 13.2 Å². The Hall–Kier alpha value is -3.14. The van der Waals surface area contributed by atoms with Gasteiger partial charge in [0.25, 0.3) is 0 Å². The molecule has 1 aromatic carbocycles. The van der Waals surface area contributed by atoms with Gasteiger partial charge < -0.3 is 14.3 Å². The van der Waals surface area contributed by atoms with Crippen LogP contribution in [0.1, 0.15) is 19.4 Å². The van der Waals surface area contributed by atoms with Crippen molar-refractivity contribution in [1.29, 1.82) is 0 Å². The minimum absolute atomic E-state index is 0.0249. The second-order valence-corrected chi connectivity index (χ2v) is 5.49. The van der Waals surface area contributed by atoms with Crippen LogP contribution in [-0.2, 0) is 30.5 Å². The molecule has 0 aliphatic rings. The summed E-state index contributed by atoms with van der Waals surface area (Å²) in [6.45, 7) is 3.18. The largest absolute Gasteiger partial charge is 0.450 e. The van der Waals surface area contributed by atoms with Crippen LogP contribution in [0.5, 0.6) is 0 Å². The average Bonchev–Trinajstić information content (AvgIpc) is 2.63. The Morgan fingerprint density at radius 2 is 1.50 bits per heavy atom. The van der Waals surface area contributed by atoms with E-state index in [4.69, 9.17) is 16.4 Å². The molecule has 152 valence electrons. The number of alkyl carbamates (subject to hydrolysis) is 2. The number of carbonyl (C=O) groups is 4. The number of rotatable bonds is 8. The van der Waals surface area contributed by atoms with E-state index >= 15 is 0 Å². The molecular weight excluding hydrogens is 394 g/mol. The van der Waals surface area contributed by atoms with Gasteiger partial charge in [0.15, 0.2) is 5.92 Å². The van der Waals surface area contributed by atoms with Crippen LogP contribution in [0.4, 0.5) is 9.59 Å². The smallest absolute Gasteiger partial charge is 0.413 e. The Bertz CT molecular complexity index is 690. The lowest BCUT2D eigenvalue weighted by Crippen LogP contribution is -2.46. The first-order valence-corrected chi connectivity index (χ1v) is 8.60. The molecule has 11 heteroatoms. The fourth-order valence-electron chi connectivity index (χ4n) is 1.74. The van der Waals surface area contributed by atoms with Crippen LogP contribution < -0.4 is 10.6 Å². The molecule has 0 bridgehead atoms. The van der Waals surface area contributed by atoms with Crippen molar-refractivity contribution in [1.82, 2.24) is 10.6 Å². The normalized spacial score (nSPS) is 10.4. The number of carbonyl (C=O) groups excluding carboxylic acids is 4. The molecule has 0 heterocycles. The Kier molecular flexibility index (Phi) is 10.0. The number of hydrogen-bond acceptors (Lipinski definition) is 8. The van der Waals surface area contributed by atoms with Gasteiger partial charge in [0.2, 0.25) is 11.8 Å². The maximum atomic E-state index is 12.1.